The molecule has 2 heterocycles. The Morgan fingerprint density at radius 2 is 2.18 bits per heavy atom. The Kier molecular flexibility index (Phi) is 4.09. The van der Waals surface area contributed by atoms with Crippen LogP contribution in [0.4, 0.5) is 11.6 Å². The molecule has 0 aromatic carbocycles. The Morgan fingerprint density at radius 1 is 1.41 bits per heavy atom. The Labute approximate surface area is 129 Å². The van der Waals surface area contributed by atoms with Crippen LogP contribution < -0.4 is 10.6 Å². The van der Waals surface area contributed by atoms with Gasteiger partial charge in [0.2, 0.25) is 5.91 Å². The first-order chi connectivity index (χ1) is 10.7. The highest BCUT2D eigenvalue weighted by Crippen LogP contribution is 2.27. The molecule has 6 heteroatoms. The molecular formula is C16H21N5O. The number of nitrogens with one attached hydrogen (secondary N) is 2. The molecule has 2 aromatic heterocycles. The number of carbonyl (C=O) groups is 1. The second-order valence-electron chi connectivity index (χ2n) is 5.71. The van der Waals surface area contributed by atoms with E-state index in [-0.39, 0.29) is 5.91 Å². The summed E-state index contributed by atoms with van der Waals surface area (Å²) in [5.74, 6) is 1.20. The Bertz CT molecular complexity index is 700. The number of nitrogens with zero attached hydrogens (tertiary/aromatic N) is 3. The van der Waals surface area contributed by atoms with E-state index < -0.39 is 0 Å². The third kappa shape index (κ3) is 2.81. The van der Waals surface area contributed by atoms with E-state index in [0.717, 1.165) is 11.4 Å². The molecule has 1 aliphatic carbocycles. The zero-order chi connectivity index (χ0) is 15.5. The van der Waals surface area contributed by atoms with Crippen molar-refractivity contribution in [2.45, 2.75) is 45.1 Å². The van der Waals surface area contributed by atoms with Gasteiger partial charge in [-0.15, -0.1) is 0 Å². The standard InChI is InChI=1S/C16H21N5O/c1-3-14(22)20-16-11(2)15(18-12-7-5-4-6-8-12)19-13-9-10-17-21(13)16/h3,9-10,12H,1,4-8H2,2H3,(H,18,19)(H,20,22). The lowest BCUT2D eigenvalue weighted by Gasteiger charge is -2.24. The van der Waals surface area contributed by atoms with Gasteiger partial charge in [0.05, 0.1) is 6.20 Å². The predicted molar refractivity (Wildman–Crippen MR) is 87.0 cm³/mol. The lowest BCUT2D eigenvalue weighted by atomic mass is 9.95. The highest BCUT2D eigenvalue weighted by atomic mass is 16.1. The van der Waals surface area contributed by atoms with Crippen molar-refractivity contribution in [1.82, 2.24) is 14.6 Å². The first-order valence-electron chi connectivity index (χ1n) is 7.73. The molecule has 0 saturated heterocycles. The summed E-state index contributed by atoms with van der Waals surface area (Å²) < 4.78 is 1.64. The van der Waals surface area contributed by atoms with Gasteiger partial charge in [0, 0.05) is 17.7 Å². The van der Waals surface area contributed by atoms with Crippen molar-refractivity contribution >= 4 is 23.2 Å². The zero-order valence-electron chi connectivity index (χ0n) is 12.8. The van der Waals surface area contributed by atoms with Crippen LogP contribution in [0.3, 0.4) is 0 Å². The van der Waals surface area contributed by atoms with Gasteiger partial charge < -0.3 is 10.6 Å². The van der Waals surface area contributed by atoms with Gasteiger partial charge in [0.25, 0.3) is 0 Å². The molecule has 0 unspecified atom stereocenters. The maximum atomic E-state index is 11.7. The van der Waals surface area contributed by atoms with Crippen LogP contribution in [0.1, 0.15) is 37.7 Å². The largest absolute Gasteiger partial charge is 0.367 e. The van der Waals surface area contributed by atoms with Gasteiger partial charge in [-0.25, -0.2) is 4.98 Å². The van der Waals surface area contributed by atoms with Crippen LogP contribution in [0, 0.1) is 6.92 Å². The Morgan fingerprint density at radius 3 is 2.91 bits per heavy atom. The van der Waals surface area contributed by atoms with E-state index in [1.165, 1.54) is 38.2 Å². The number of carbonyl (C=O) groups excluding carboxylic acids is 1. The molecule has 0 aliphatic heterocycles. The summed E-state index contributed by atoms with van der Waals surface area (Å²) in [5.41, 5.74) is 1.60. The van der Waals surface area contributed by atoms with E-state index in [1.807, 2.05) is 13.0 Å². The molecule has 0 bridgehead atoms. The van der Waals surface area contributed by atoms with Gasteiger partial charge >= 0.3 is 0 Å². The van der Waals surface area contributed by atoms with Gasteiger partial charge in [0.1, 0.15) is 11.6 Å². The number of aromatic nitrogens is 3. The van der Waals surface area contributed by atoms with E-state index in [9.17, 15) is 4.79 Å². The van der Waals surface area contributed by atoms with Crippen molar-refractivity contribution in [1.29, 1.82) is 0 Å². The van der Waals surface area contributed by atoms with Gasteiger partial charge in [-0.2, -0.15) is 9.61 Å². The minimum atomic E-state index is -0.255. The SMILES string of the molecule is C=CC(=O)Nc1c(C)c(NC2CCCCC2)nc2ccnn12. The number of rotatable bonds is 4. The summed E-state index contributed by atoms with van der Waals surface area (Å²) in [4.78, 5) is 16.3. The van der Waals surface area contributed by atoms with E-state index >= 15 is 0 Å². The molecule has 0 atom stereocenters. The normalized spacial score (nSPS) is 15.7. The van der Waals surface area contributed by atoms with Crippen molar-refractivity contribution in [2.75, 3.05) is 10.6 Å². The average Bonchev–Trinajstić information content (AvgIpc) is 3.00. The van der Waals surface area contributed by atoms with Crippen molar-refractivity contribution in [2.24, 2.45) is 0 Å². The van der Waals surface area contributed by atoms with Crippen molar-refractivity contribution in [3.63, 3.8) is 0 Å². The zero-order valence-corrected chi connectivity index (χ0v) is 12.8. The van der Waals surface area contributed by atoms with Crippen molar-refractivity contribution < 1.29 is 4.79 Å². The molecule has 22 heavy (non-hydrogen) atoms. The first-order valence-corrected chi connectivity index (χ1v) is 7.73. The summed E-state index contributed by atoms with van der Waals surface area (Å²) in [7, 11) is 0. The van der Waals surface area contributed by atoms with E-state index in [0.29, 0.717) is 17.5 Å². The molecule has 0 spiro atoms. The lowest BCUT2D eigenvalue weighted by Crippen LogP contribution is -2.24. The fourth-order valence-electron chi connectivity index (χ4n) is 2.92. The van der Waals surface area contributed by atoms with Crippen LogP contribution in [-0.4, -0.2) is 26.5 Å². The number of fused-ring (bicyclic) bond motifs is 1. The topological polar surface area (TPSA) is 71.3 Å². The fourth-order valence-corrected chi connectivity index (χ4v) is 2.92. The number of amides is 1. The van der Waals surface area contributed by atoms with Crippen LogP contribution >= 0.6 is 0 Å². The second-order valence-corrected chi connectivity index (χ2v) is 5.71. The average molecular weight is 299 g/mol. The fraction of sp³-hybridized carbons (Fsp3) is 0.438. The molecule has 1 amide bonds. The van der Waals surface area contributed by atoms with Crippen LogP contribution in [0.5, 0.6) is 0 Å². The molecule has 1 fully saturated rings. The van der Waals surface area contributed by atoms with Crippen LogP contribution in [0.15, 0.2) is 24.9 Å². The maximum Gasteiger partial charge on any atom is 0.248 e. The number of hydrogen-bond donors (Lipinski definition) is 2. The molecular weight excluding hydrogens is 278 g/mol. The van der Waals surface area contributed by atoms with E-state index in [2.05, 4.69) is 27.3 Å². The van der Waals surface area contributed by atoms with Gasteiger partial charge in [-0.3, -0.25) is 4.79 Å². The van der Waals surface area contributed by atoms with Crippen molar-refractivity contribution in [3.05, 3.63) is 30.5 Å². The van der Waals surface area contributed by atoms with Crippen molar-refractivity contribution in [3.8, 4) is 0 Å². The minimum absolute atomic E-state index is 0.255. The molecule has 0 radical (unpaired) electrons. The molecule has 2 N–H and O–H groups in total. The first kappa shape index (κ1) is 14.6. The maximum absolute atomic E-state index is 11.7. The predicted octanol–water partition coefficient (Wildman–Crippen LogP) is 2.91. The number of hydrogen-bond acceptors (Lipinski definition) is 4. The summed E-state index contributed by atoms with van der Waals surface area (Å²) in [6.07, 6.45) is 9.09. The smallest absolute Gasteiger partial charge is 0.248 e. The summed E-state index contributed by atoms with van der Waals surface area (Å²) in [6.45, 7) is 5.44. The Hall–Kier alpha value is -2.37. The third-order valence-electron chi connectivity index (χ3n) is 4.14. The van der Waals surface area contributed by atoms with Gasteiger partial charge in [-0.05, 0) is 25.8 Å². The van der Waals surface area contributed by atoms with Crippen LogP contribution in [-0.2, 0) is 4.79 Å². The molecule has 2 aromatic rings. The molecule has 6 nitrogen and oxygen atoms in total. The lowest BCUT2D eigenvalue weighted by molar-refractivity contribution is -0.111. The minimum Gasteiger partial charge on any atom is -0.367 e. The van der Waals surface area contributed by atoms with Gasteiger partial charge in [-0.1, -0.05) is 25.8 Å². The summed E-state index contributed by atoms with van der Waals surface area (Å²) >= 11 is 0. The summed E-state index contributed by atoms with van der Waals surface area (Å²) in [5, 5.41) is 10.6. The van der Waals surface area contributed by atoms with Crippen LogP contribution in [0.2, 0.25) is 0 Å². The quantitative estimate of drug-likeness (QED) is 0.852. The molecule has 1 saturated carbocycles. The van der Waals surface area contributed by atoms with Crippen LogP contribution in [0.25, 0.3) is 5.65 Å². The molecule has 3 rings (SSSR count). The van der Waals surface area contributed by atoms with E-state index in [1.54, 1.807) is 10.7 Å². The third-order valence-corrected chi connectivity index (χ3v) is 4.14. The molecule has 1 aliphatic rings. The monoisotopic (exact) mass is 299 g/mol. The molecule has 116 valence electrons. The Balaban J connectivity index is 1.97. The van der Waals surface area contributed by atoms with E-state index in [4.69, 9.17) is 0 Å². The highest BCUT2D eigenvalue weighted by molar-refractivity contribution is 5.99. The summed E-state index contributed by atoms with van der Waals surface area (Å²) in [6, 6.07) is 2.28. The second kappa shape index (κ2) is 6.17. The number of anilines is 2. The van der Waals surface area contributed by atoms with Gasteiger partial charge in [0.15, 0.2) is 5.65 Å². The highest BCUT2D eigenvalue weighted by Gasteiger charge is 2.18.